The molecule has 0 radical (unpaired) electrons. The smallest absolute Gasteiger partial charge is 0.274 e. The summed E-state index contributed by atoms with van der Waals surface area (Å²) in [5, 5.41) is 32.4. The van der Waals surface area contributed by atoms with Gasteiger partial charge in [-0.2, -0.15) is 5.26 Å². The molecule has 1 aliphatic heterocycles. The number of ketones is 1. The van der Waals surface area contributed by atoms with Gasteiger partial charge in [-0.05, 0) is 24.1 Å². The monoisotopic (exact) mass is 519 g/mol. The number of ether oxygens (including phenoxy) is 1. The molecule has 0 saturated heterocycles. The summed E-state index contributed by atoms with van der Waals surface area (Å²) in [6.45, 7) is 1.67. The molecule has 0 spiro atoms. The number of non-ortho nitro benzene ring substituents is 2. The van der Waals surface area contributed by atoms with E-state index in [1.807, 2.05) is 6.07 Å². The van der Waals surface area contributed by atoms with Crippen molar-refractivity contribution in [1.29, 1.82) is 5.26 Å². The number of hydrogen-bond acceptors (Lipinski definition) is 10. The maximum atomic E-state index is 13.7. The van der Waals surface area contributed by atoms with Crippen molar-refractivity contribution in [3.8, 4) is 6.07 Å². The van der Waals surface area contributed by atoms with Gasteiger partial charge < -0.3 is 10.5 Å². The number of nitro benzene ring substituents is 2. The molecule has 1 atom stereocenters. The molecular formula is C24H17N5O7S. The lowest BCUT2D eigenvalue weighted by molar-refractivity contribution is -0.385. The average Bonchev–Trinajstić information content (AvgIpc) is 3.16. The third-order valence-electron chi connectivity index (χ3n) is 5.51. The third-order valence-corrected chi connectivity index (χ3v) is 6.59. The second-order valence-corrected chi connectivity index (χ2v) is 8.76. The second kappa shape index (κ2) is 9.88. The van der Waals surface area contributed by atoms with E-state index in [-0.39, 0.29) is 49.9 Å². The molecule has 0 fully saturated rings. The molecule has 2 N–H and O–H groups in total. The number of aromatic nitrogens is 1. The van der Waals surface area contributed by atoms with E-state index in [0.29, 0.717) is 5.56 Å². The first-order valence-electron chi connectivity index (χ1n) is 10.7. The lowest BCUT2D eigenvalue weighted by Crippen LogP contribution is -2.34. The molecule has 1 unspecified atom stereocenters. The van der Waals surface area contributed by atoms with Crippen LogP contribution >= 0.6 is 11.3 Å². The Bertz CT molecular complexity index is 1730. The van der Waals surface area contributed by atoms with Gasteiger partial charge in [-0.25, -0.2) is 4.57 Å². The summed E-state index contributed by atoms with van der Waals surface area (Å²) in [6, 6.07) is 12.8. The van der Waals surface area contributed by atoms with Crippen LogP contribution < -0.4 is 20.5 Å². The Morgan fingerprint density at radius 1 is 1.14 bits per heavy atom. The fourth-order valence-electron chi connectivity index (χ4n) is 3.90. The number of hydrogen-bond donors (Lipinski definition) is 1. The highest BCUT2D eigenvalue weighted by Gasteiger charge is 2.36. The van der Waals surface area contributed by atoms with Crippen LogP contribution in [0.3, 0.4) is 0 Å². The largest absolute Gasteiger partial charge is 0.487 e. The lowest BCUT2D eigenvalue weighted by Gasteiger charge is -2.16. The first-order valence-corrected chi connectivity index (χ1v) is 11.5. The van der Waals surface area contributed by atoms with Crippen LogP contribution in [-0.4, -0.2) is 26.8 Å². The molecule has 1 aliphatic rings. The molecule has 1 aromatic heterocycles. The van der Waals surface area contributed by atoms with Crippen LogP contribution in [0.15, 0.2) is 58.9 Å². The number of Topliss-reactive ketones (excluding diaryl/α,β-unsaturated/α-hetero) is 1. The number of carbonyl (C=O) groups excluding carboxylic acids is 1. The zero-order chi connectivity index (χ0) is 26.9. The fraction of sp³-hybridized carbons (Fsp3) is 0.125. The van der Waals surface area contributed by atoms with Crippen molar-refractivity contribution in [3.63, 3.8) is 0 Å². The molecule has 0 saturated carbocycles. The summed E-state index contributed by atoms with van der Waals surface area (Å²) in [4.78, 5) is 48.4. The zero-order valence-corrected chi connectivity index (χ0v) is 19.9. The summed E-state index contributed by atoms with van der Waals surface area (Å²) >= 11 is 0.868. The number of nitrogens with two attached hydrogens (primary N) is 1. The van der Waals surface area contributed by atoms with Crippen LogP contribution in [0, 0.1) is 31.6 Å². The van der Waals surface area contributed by atoms with Crippen LogP contribution in [0.5, 0.6) is 0 Å². The van der Waals surface area contributed by atoms with Gasteiger partial charge in [-0.15, -0.1) is 11.3 Å². The summed E-state index contributed by atoms with van der Waals surface area (Å²) in [5.41, 5.74) is 5.39. The van der Waals surface area contributed by atoms with Crippen molar-refractivity contribution in [2.45, 2.75) is 12.8 Å². The van der Waals surface area contributed by atoms with Crippen molar-refractivity contribution >= 4 is 46.2 Å². The van der Waals surface area contributed by atoms with Crippen molar-refractivity contribution < 1.29 is 19.4 Å². The number of nitro groups is 2. The van der Waals surface area contributed by atoms with E-state index >= 15 is 0 Å². The van der Waals surface area contributed by atoms with Gasteiger partial charge in [0, 0.05) is 24.3 Å². The van der Waals surface area contributed by atoms with Crippen LogP contribution in [-0.2, 0) is 9.53 Å². The van der Waals surface area contributed by atoms with E-state index in [2.05, 4.69) is 0 Å². The van der Waals surface area contributed by atoms with Gasteiger partial charge in [-0.3, -0.25) is 29.8 Å². The first-order chi connectivity index (χ1) is 17.7. The number of thiazole rings is 1. The Hall–Kier alpha value is -5.09. The summed E-state index contributed by atoms with van der Waals surface area (Å²) in [5.74, 6) is -2.59. The number of nitrogens with zero attached hydrogens (tertiary/aromatic N) is 4. The number of rotatable bonds is 6. The molecule has 37 heavy (non-hydrogen) atoms. The molecule has 2 aromatic carbocycles. The molecule has 13 heteroatoms. The van der Waals surface area contributed by atoms with E-state index in [4.69, 9.17) is 10.5 Å². The highest BCUT2D eigenvalue weighted by atomic mass is 32.1. The Morgan fingerprint density at radius 2 is 1.78 bits per heavy atom. The molecule has 3 aromatic rings. The van der Waals surface area contributed by atoms with E-state index in [1.54, 1.807) is 13.0 Å². The molecule has 186 valence electrons. The van der Waals surface area contributed by atoms with E-state index in [9.17, 15) is 35.1 Å². The van der Waals surface area contributed by atoms with Crippen LogP contribution in [0.1, 0.15) is 24.0 Å². The van der Waals surface area contributed by atoms with Crippen LogP contribution in [0.2, 0.25) is 0 Å². The molecule has 12 nitrogen and oxygen atoms in total. The van der Waals surface area contributed by atoms with E-state index < -0.39 is 27.1 Å². The average molecular weight is 519 g/mol. The summed E-state index contributed by atoms with van der Waals surface area (Å²) in [6.07, 6.45) is 1.41. The van der Waals surface area contributed by atoms with E-state index in [1.165, 1.54) is 48.5 Å². The Labute approximate surface area is 211 Å². The number of allylic oxidation sites excluding steroid dienone is 1. The molecule has 2 heterocycles. The lowest BCUT2D eigenvalue weighted by atomic mass is 9.87. The van der Waals surface area contributed by atoms with Crippen molar-refractivity contribution in [2.75, 3.05) is 6.61 Å². The van der Waals surface area contributed by atoms with Gasteiger partial charge >= 0.3 is 0 Å². The van der Waals surface area contributed by atoms with Gasteiger partial charge in [-0.1, -0.05) is 24.3 Å². The Morgan fingerprint density at radius 3 is 2.41 bits per heavy atom. The van der Waals surface area contributed by atoms with E-state index in [0.717, 1.165) is 15.9 Å². The minimum Gasteiger partial charge on any atom is -0.487 e. The van der Waals surface area contributed by atoms with Gasteiger partial charge in [0.25, 0.3) is 16.9 Å². The molecular weight excluding hydrogens is 502 g/mol. The second-order valence-electron chi connectivity index (χ2n) is 7.73. The van der Waals surface area contributed by atoms with Gasteiger partial charge in [0.1, 0.15) is 5.82 Å². The predicted molar refractivity (Wildman–Crippen MR) is 133 cm³/mol. The zero-order valence-electron chi connectivity index (χ0n) is 19.1. The summed E-state index contributed by atoms with van der Waals surface area (Å²) in [7, 11) is 0. The molecule has 0 bridgehead atoms. The maximum Gasteiger partial charge on any atom is 0.274 e. The number of fused-ring (bicyclic) bond motifs is 1. The normalized spacial score (nSPS) is 15.7. The molecule has 0 amide bonds. The van der Waals surface area contributed by atoms with Gasteiger partial charge in [0.05, 0.1) is 38.5 Å². The topological polar surface area (TPSA) is 184 Å². The number of carbonyl (C=O) groups is 1. The maximum absolute atomic E-state index is 13.7. The Balaban J connectivity index is 2.02. The highest BCUT2D eigenvalue weighted by Crippen LogP contribution is 2.33. The quantitative estimate of drug-likeness (QED) is 0.374. The van der Waals surface area contributed by atoms with Gasteiger partial charge in [0.15, 0.2) is 10.4 Å². The molecule has 4 rings (SSSR count). The third kappa shape index (κ3) is 4.48. The van der Waals surface area contributed by atoms with Crippen molar-refractivity contribution in [1.82, 2.24) is 4.57 Å². The highest BCUT2D eigenvalue weighted by molar-refractivity contribution is 7.07. The van der Waals surface area contributed by atoms with Crippen molar-refractivity contribution in [2.24, 2.45) is 5.73 Å². The minimum atomic E-state index is -1.35. The van der Waals surface area contributed by atoms with Crippen molar-refractivity contribution in [3.05, 3.63) is 105 Å². The molecule has 0 aliphatic carbocycles. The SMILES string of the molecule is CCOC1=c2sc(=Cc3cccc([N+](=O)[O-])c3)c(=O)n2C(N)=C(C#N)C(c2cccc([N+](=O)[O-])c2)C1=O. The first kappa shape index (κ1) is 25.0. The van der Waals surface area contributed by atoms with Gasteiger partial charge in [0.2, 0.25) is 5.78 Å². The fourth-order valence-corrected chi connectivity index (χ4v) is 5.01. The standard InChI is InChI=1S/C24H17N5O7S/c1-2-36-21-20(30)19(14-6-4-8-16(11-14)29(34)35)17(12-25)22(26)27-23(31)18(37-24(21)27)10-13-5-3-7-15(9-13)28(32)33/h3-11,19H,2,26H2,1H3. The Kier molecular flexibility index (Phi) is 6.68. The van der Waals surface area contributed by atoms with Crippen LogP contribution in [0.4, 0.5) is 11.4 Å². The minimum absolute atomic E-state index is 0.0340. The van der Waals surface area contributed by atoms with Crippen LogP contribution in [0.25, 0.3) is 17.7 Å². The number of nitriles is 1. The summed E-state index contributed by atoms with van der Waals surface area (Å²) < 4.78 is 6.75. The number of benzene rings is 2. The predicted octanol–water partition coefficient (Wildman–Crippen LogP) is 1.72.